The predicted molar refractivity (Wildman–Crippen MR) is 103 cm³/mol. The first kappa shape index (κ1) is 19.5. The molecule has 3 rings (SSSR count). The molecule has 0 aliphatic carbocycles. The lowest BCUT2D eigenvalue weighted by atomic mass is 10.2. The van der Waals surface area contributed by atoms with E-state index in [0.717, 1.165) is 5.01 Å². The molecule has 0 radical (unpaired) electrons. The second-order valence-corrected chi connectivity index (χ2v) is 9.81. The molecule has 0 bridgehead atoms. The third-order valence-corrected chi connectivity index (χ3v) is 7.10. The number of thiazole rings is 1. The molecule has 1 aromatic carbocycles. The van der Waals surface area contributed by atoms with Gasteiger partial charge in [-0.3, -0.25) is 4.79 Å². The maximum Gasteiger partial charge on any atom is 0.350 e. The molecule has 2 aromatic rings. The van der Waals surface area contributed by atoms with Crippen molar-refractivity contribution in [1.82, 2.24) is 4.98 Å². The third kappa shape index (κ3) is 4.54. The molecule has 1 aliphatic heterocycles. The quantitative estimate of drug-likeness (QED) is 0.704. The lowest BCUT2D eigenvalue weighted by Crippen LogP contribution is -2.43. The summed E-state index contributed by atoms with van der Waals surface area (Å²) in [4.78, 5) is 31.0. The molecule has 1 saturated heterocycles. The monoisotopic (exact) mass is 408 g/mol. The van der Waals surface area contributed by atoms with Crippen LogP contribution in [-0.2, 0) is 19.4 Å². The minimum atomic E-state index is -3.17. The number of ether oxygens (including phenoxy) is 1. The van der Waals surface area contributed by atoms with Crippen LogP contribution >= 0.6 is 11.3 Å². The van der Waals surface area contributed by atoms with Crippen molar-refractivity contribution in [1.29, 1.82) is 0 Å². The van der Waals surface area contributed by atoms with Crippen molar-refractivity contribution in [2.45, 2.75) is 26.3 Å². The number of sulfone groups is 1. The number of anilines is 1. The summed E-state index contributed by atoms with van der Waals surface area (Å²) < 4.78 is 28.9. The molecule has 27 heavy (non-hydrogen) atoms. The molecule has 144 valence electrons. The number of nitrogens with zero attached hydrogens (tertiary/aromatic N) is 2. The van der Waals surface area contributed by atoms with Crippen LogP contribution in [0.3, 0.4) is 0 Å². The summed E-state index contributed by atoms with van der Waals surface area (Å²) in [6.07, 6.45) is 0.365. The van der Waals surface area contributed by atoms with Crippen molar-refractivity contribution in [2.75, 3.05) is 23.0 Å². The van der Waals surface area contributed by atoms with E-state index in [-0.39, 0.29) is 11.5 Å². The second-order valence-electron chi connectivity index (χ2n) is 6.38. The maximum absolute atomic E-state index is 12.8. The van der Waals surface area contributed by atoms with Gasteiger partial charge in [0.2, 0.25) is 0 Å². The second kappa shape index (κ2) is 7.77. The van der Waals surface area contributed by atoms with Gasteiger partial charge in [0.1, 0.15) is 4.88 Å². The number of aryl methyl sites for hydroxylation is 2. The highest BCUT2D eigenvalue weighted by atomic mass is 32.2. The van der Waals surface area contributed by atoms with E-state index in [1.165, 1.54) is 16.2 Å². The Hall–Kier alpha value is -2.26. The zero-order chi connectivity index (χ0) is 19.6. The van der Waals surface area contributed by atoms with Crippen LogP contribution in [0.5, 0.6) is 0 Å². The molecule has 1 atom stereocenters. The van der Waals surface area contributed by atoms with E-state index in [1.54, 1.807) is 38.1 Å². The van der Waals surface area contributed by atoms with Crippen LogP contribution in [0.1, 0.15) is 26.8 Å². The van der Waals surface area contributed by atoms with Gasteiger partial charge in [-0.05, 0) is 32.4 Å². The van der Waals surface area contributed by atoms with E-state index in [0.29, 0.717) is 22.7 Å². The largest absolute Gasteiger partial charge is 0.451 e. The first-order chi connectivity index (χ1) is 12.8. The molecule has 0 spiro atoms. The molecule has 1 fully saturated rings. The SMILES string of the molecule is Cc1nc(C)c(C(=O)OCC(=O)N(c2ccccc2)[C@@H]2CCS(=O)(=O)C2)s1. The Morgan fingerprint density at radius 2 is 1.96 bits per heavy atom. The van der Waals surface area contributed by atoms with Crippen LogP contribution in [0.25, 0.3) is 0 Å². The first-order valence-electron chi connectivity index (χ1n) is 8.45. The third-order valence-electron chi connectivity index (χ3n) is 4.29. The summed E-state index contributed by atoms with van der Waals surface area (Å²) in [5.74, 6) is -1.09. The summed E-state index contributed by atoms with van der Waals surface area (Å²) >= 11 is 1.21. The Morgan fingerprint density at radius 3 is 2.52 bits per heavy atom. The fourth-order valence-corrected chi connectivity index (χ4v) is 5.62. The lowest BCUT2D eigenvalue weighted by Gasteiger charge is -2.28. The van der Waals surface area contributed by atoms with Gasteiger partial charge in [0.25, 0.3) is 5.91 Å². The zero-order valence-corrected chi connectivity index (χ0v) is 16.7. The summed E-state index contributed by atoms with van der Waals surface area (Å²) in [5.41, 5.74) is 1.15. The number of esters is 1. The highest BCUT2D eigenvalue weighted by Gasteiger charge is 2.36. The fraction of sp³-hybridized carbons (Fsp3) is 0.389. The normalized spacial score (nSPS) is 18.2. The molecule has 0 N–H and O–H groups in total. The van der Waals surface area contributed by atoms with Crippen LogP contribution in [0.2, 0.25) is 0 Å². The van der Waals surface area contributed by atoms with Crippen molar-refractivity contribution in [3.63, 3.8) is 0 Å². The van der Waals surface area contributed by atoms with Crippen molar-refractivity contribution >= 4 is 38.7 Å². The minimum absolute atomic E-state index is 0.0490. The Bertz CT molecular complexity index is 953. The fourth-order valence-electron chi connectivity index (χ4n) is 3.11. The Morgan fingerprint density at radius 1 is 1.26 bits per heavy atom. The number of rotatable bonds is 5. The van der Waals surface area contributed by atoms with Crippen LogP contribution in [0, 0.1) is 13.8 Å². The van der Waals surface area contributed by atoms with E-state index in [2.05, 4.69) is 4.98 Å². The van der Waals surface area contributed by atoms with Gasteiger partial charge in [-0.1, -0.05) is 18.2 Å². The molecule has 0 saturated carbocycles. The Labute approximate surface area is 161 Å². The van der Waals surface area contributed by atoms with Crippen LogP contribution in [0.4, 0.5) is 5.69 Å². The summed E-state index contributed by atoms with van der Waals surface area (Å²) in [5, 5.41) is 0.743. The maximum atomic E-state index is 12.8. The highest BCUT2D eigenvalue weighted by molar-refractivity contribution is 7.91. The number of amides is 1. The van der Waals surface area contributed by atoms with E-state index >= 15 is 0 Å². The van der Waals surface area contributed by atoms with Crippen LogP contribution in [-0.4, -0.2) is 49.4 Å². The predicted octanol–water partition coefficient (Wildman–Crippen LogP) is 2.14. The topological polar surface area (TPSA) is 93.6 Å². The van der Waals surface area contributed by atoms with Gasteiger partial charge in [-0.15, -0.1) is 11.3 Å². The van der Waals surface area contributed by atoms with Gasteiger partial charge in [-0.25, -0.2) is 18.2 Å². The number of hydrogen-bond acceptors (Lipinski definition) is 7. The van der Waals surface area contributed by atoms with Gasteiger partial charge in [0.05, 0.1) is 28.2 Å². The number of para-hydroxylation sites is 1. The highest BCUT2D eigenvalue weighted by Crippen LogP contribution is 2.25. The molecule has 9 heteroatoms. The van der Waals surface area contributed by atoms with Crippen molar-refractivity contribution in [3.8, 4) is 0 Å². The molecule has 1 aliphatic rings. The smallest absolute Gasteiger partial charge is 0.350 e. The van der Waals surface area contributed by atoms with E-state index in [1.807, 2.05) is 6.07 Å². The molecule has 1 amide bonds. The average Bonchev–Trinajstić information content (AvgIpc) is 3.15. The minimum Gasteiger partial charge on any atom is -0.451 e. The molecule has 0 unspecified atom stereocenters. The molecular weight excluding hydrogens is 388 g/mol. The van der Waals surface area contributed by atoms with E-state index < -0.39 is 34.4 Å². The summed E-state index contributed by atoms with van der Waals surface area (Å²) in [6, 6.07) is 8.37. The number of carbonyl (C=O) groups excluding carboxylic acids is 2. The first-order valence-corrected chi connectivity index (χ1v) is 11.1. The number of hydrogen-bond donors (Lipinski definition) is 0. The molecule has 2 heterocycles. The van der Waals surface area contributed by atoms with Crippen molar-refractivity contribution < 1.29 is 22.7 Å². The van der Waals surface area contributed by atoms with E-state index in [4.69, 9.17) is 4.74 Å². The summed E-state index contributed by atoms with van der Waals surface area (Å²) in [6.45, 7) is 3.04. The standard InChI is InChI=1S/C18H20N2O5S2/c1-12-17(26-13(2)19-12)18(22)25-10-16(21)20(14-6-4-3-5-7-14)15-8-9-27(23,24)11-15/h3-7,15H,8-11H2,1-2H3/t15-/m1/s1. The van der Waals surface area contributed by atoms with Gasteiger partial charge in [0.15, 0.2) is 16.4 Å². The number of benzene rings is 1. The Kier molecular flexibility index (Phi) is 5.61. The van der Waals surface area contributed by atoms with Gasteiger partial charge < -0.3 is 9.64 Å². The van der Waals surface area contributed by atoms with Crippen molar-refractivity contribution in [2.24, 2.45) is 0 Å². The van der Waals surface area contributed by atoms with Crippen LogP contribution < -0.4 is 4.90 Å². The Balaban J connectivity index is 1.75. The lowest BCUT2D eigenvalue weighted by molar-refractivity contribution is -0.122. The van der Waals surface area contributed by atoms with E-state index in [9.17, 15) is 18.0 Å². The number of aromatic nitrogens is 1. The van der Waals surface area contributed by atoms with Gasteiger partial charge >= 0.3 is 5.97 Å². The molecule has 7 nitrogen and oxygen atoms in total. The van der Waals surface area contributed by atoms with Crippen LogP contribution in [0.15, 0.2) is 30.3 Å². The van der Waals surface area contributed by atoms with Gasteiger partial charge in [0, 0.05) is 5.69 Å². The average molecular weight is 409 g/mol. The molecule has 1 aromatic heterocycles. The van der Waals surface area contributed by atoms with Crippen molar-refractivity contribution in [3.05, 3.63) is 45.9 Å². The zero-order valence-electron chi connectivity index (χ0n) is 15.0. The van der Waals surface area contributed by atoms with Gasteiger partial charge in [-0.2, -0.15) is 0 Å². The molecular formula is C18H20N2O5S2. The summed E-state index contributed by atoms with van der Waals surface area (Å²) in [7, 11) is -3.17. The number of carbonyl (C=O) groups is 2.